The number of amides is 1. The number of halogens is 2. The molecule has 3 rings (SSSR count). The van der Waals surface area contributed by atoms with Crippen molar-refractivity contribution in [1.82, 2.24) is 14.1 Å². The van der Waals surface area contributed by atoms with Gasteiger partial charge in [0.1, 0.15) is 0 Å². The fourth-order valence-corrected chi connectivity index (χ4v) is 6.20. The van der Waals surface area contributed by atoms with Gasteiger partial charge < -0.3 is 9.80 Å². The molecule has 2 aromatic carbocycles. The quantitative estimate of drug-likeness (QED) is 0.492. The Morgan fingerprint density at radius 2 is 1.77 bits per heavy atom. The van der Waals surface area contributed by atoms with Crippen LogP contribution in [0.4, 0.5) is 0 Å². The number of likely N-dealkylation sites (N-methyl/N-ethyl adjacent to an activating group) is 1. The summed E-state index contributed by atoms with van der Waals surface area (Å²) >= 11 is 12.5. The molecule has 0 saturated carbocycles. The average molecular weight is 541 g/mol. The molecule has 9 heteroatoms. The van der Waals surface area contributed by atoms with Gasteiger partial charge in [0.15, 0.2) is 0 Å². The number of hydrogen-bond donors (Lipinski definition) is 0. The van der Waals surface area contributed by atoms with Crippen molar-refractivity contribution in [2.24, 2.45) is 0 Å². The van der Waals surface area contributed by atoms with Gasteiger partial charge >= 0.3 is 0 Å². The predicted octanol–water partition coefficient (Wildman–Crippen LogP) is 4.57. The molecule has 0 spiro atoms. The molecule has 0 aliphatic carbocycles. The molecule has 1 fully saturated rings. The Morgan fingerprint density at radius 3 is 2.34 bits per heavy atom. The first-order valence-corrected chi connectivity index (χ1v) is 14.4. The highest BCUT2D eigenvalue weighted by Gasteiger charge is 2.39. The number of aryl methyl sites for hydroxylation is 1. The third-order valence-corrected chi connectivity index (χ3v) is 9.05. The van der Waals surface area contributed by atoms with Crippen molar-refractivity contribution >= 4 is 39.1 Å². The van der Waals surface area contributed by atoms with Crippen molar-refractivity contribution in [3.63, 3.8) is 0 Å². The Hall–Kier alpha value is -1.64. The van der Waals surface area contributed by atoms with E-state index in [-0.39, 0.29) is 11.9 Å². The second kappa shape index (κ2) is 11.2. The predicted molar refractivity (Wildman–Crippen MR) is 144 cm³/mol. The number of benzene rings is 2. The Kier molecular flexibility index (Phi) is 8.92. The van der Waals surface area contributed by atoms with Crippen LogP contribution in [0.3, 0.4) is 0 Å². The second-order valence-electron chi connectivity index (χ2n) is 9.88. The van der Waals surface area contributed by atoms with Crippen LogP contribution in [0.2, 0.25) is 10.0 Å². The summed E-state index contributed by atoms with van der Waals surface area (Å²) in [5.41, 5.74) is 2.22. The molecule has 1 unspecified atom stereocenters. The van der Waals surface area contributed by atoms with Crippen LogP contribution in [0.25, 0.3) is 0 Å². The van der Waals surface area contributed by atoms with Gasteiger partial charge in [0.25, 0.3) is 0 Å². The molecule has 0 bridgehead atoms. The van der Waals surface area contributed by atoms with E-state index in [0.717, 1.165) is 11.1 Å². The Balaban J connectivity index is 1.81. The van der Waals surface area contributed by atoms with E-state index in [1.807, 2.05) is 58.2 Å². The molecular formula is C26H35Cl2N3O3S. The van der Waals surface area contributed by atoms with Gasteiger partial charge in [-0.25, -0.2) is 8.42 Å². The first-order chi connectivity index (χ1) is 16.3. The molecule has 35 heavy (non-hydrogen) atoms. The van der Waals surface area contributed by atoms with Crippen LogP contribution in [0, 0.1) is 6.92 Å². The molecular weight excluding hydrogens is 505 g/mol. The van der Waals surface area contributed by atoms with E-state index in [2.05, 4.69) is 4.90 Å². The Morgan fingerprint density at radius 1 is 1.11 bits per heavy atom. The van der Waals surface area contributed by atoms with Crippen molar-refractivity contribution in [3.8, 4) is 0 Å². The molecule has 0 radical (unpaired) electrons. The Labute approximate surface area is 219 Å². The lowest BCUT2D eigenvalue weighted by molar-refractivity contribution is -0.136. The van der Waals surface area contributed by atoms with Crippen LogP contribution in [0.15, 0.2) is 42.5 Å². The molecule has 0 aromatic heterocycles. The summed E-state index contributed by atoms with van der Waals surface area (Å²) in [5.74, 6) is -0.000662. The first kappa shape index (κ1) is 27.9. The van der Waals surface area contributed by atoms with Gasteiger partial charge in [-0.3, -0.25) is 4.79 Å². The highest BCUT2D eigenvalue weighted by Crippen LogP contribution is 2.35. The lowest BCUT2D eigenvalue weighted by Gasteiger charge is -2.40. The minimum atomic E-state index is -3.23. The molecule has 6 nitrogen and oxygen atoms in total. The zero-order valence-corrected chi connectivity index (χ0v) is 23.4. The third kappa shape index (κ3) is 6.77. The van der Waals surface area contributed by atoms with E-state index in [4.69, 9.17) is 23.2 Å². The largest absolute Gasteiger partial charge is 0.341 e. The van der Waals surface area contributed by atoms with E-state index in [1.54, 1.807) is 21.3 Å². The monoisotopic (exact) mass is 539 g/mol. The molecule has 1 aliphatic heterocycles. The summed E-state index contributed by atoms with van der Waals surface area (Å²) in [5, 5.41) is 0.865. The Bertz CT molecular complexity index is 1160. The number of piperazine rings is 1. The summed E-state index contributed by atoms with van der Waals surface area (Å²) in [4.78, 5) is 17.9. The third-order valence-electron chi connectivity index (χ3n) is 6.92. The van der Waals surface area contributed by atoms with E-state index in [1.165, 1.54) is 11.8 Å². The van der Waals surface area contributed by atoms with Crippen LogP contribution in [-0.4, -0.2) is 74.0 Å². The zero-order chi connectivity index (χ0) is 26.0. The maximum atomic E-state index is 13.9. The van der Waals surface area contributed by atoms with E-state index in [0.29, 0.717) is 49.2 Å². The average Bonchev–Trinajstić information content (AvgIpc) is 2.79. The van der Waals surface area contributed by atoms with E-state index in [9.17, 15) is 13.2 Å². The van der Waals surface area contributed by atoms with Crippen LogP contribution < -0.4 is 0 Å². The molecule has 192 valence electrons. The normalized spacial score (nSPS) is 19.3. The number of carbonyl (C=O) groups is 1. The van der Waals surface area contributed by atoms with Crippen LogP contribution >= 0.6 is 23.2 Å². The van der Waals surface area contributed by atoms with Crippen molar-refractivity contribution in [1.29, 1.82) is 0 Å². The number of hydrogen-bond acceptors (Lipinski definition) is 4. The summed E-state index contributed by atoms with van der Waals surface area (Å²) < 4.78 is 25.6. The molecule has 1 heterocycles. The molecule has 0 N–H and O–H groups in total. The minimum Gasteiger partial charge on any atom is -0.341 e. The summed E-state index contributed by atoms with van der Waals surface area (Å²) in [6.45, 7) is 8.77. The van der Waals surface area contributed by atoms with Gasteiger partial charge in [0.2, 0.25) is 15.9 Å². The van der Waals surface area contributed by atoms with E-state index >= 15 is 0 Å². The maximum absolute atomic E-state index is 13.9. The lowest BCUT2D eigenvalue weighted by Crippen LogP contribution is -2.54. The standard InChI is InChI=1S/C26H35Cl2N3O3S/c1-19-6-8-21(9-7-19)18-29(4)25(32)26(3,22-10-11-23(27)24(28)16-22)12-13-30-14-15-31(20(2)17-30)35(5,33)34/h6-11,16,20H,12-15,17-18H2,1-5H3/t20-,26?/m1/s1. The second-order valence-corrected chi connectivity index (χ2v) is 12.6. The number of sulfonamides is 1. The first-order valence-electron chi connectivity index (χ1n) is 11.8. The van der Waals surface area contributed by atoms with Crippen LogP contribution in [0.1, 0.15) is 37.0 Å². The number of nitrogens with zero attached hydrogens (tertiary/aromatic N) is 3. The van der Waals surface area contributed by atoms with Crippen molar-refractivity contribution in [2.45, 2.75) is 45.2 Å². The van der Waals surface area contributed by atoms with Gasteiger partial charge in [-0.15, -0.1) is 0 Å². The SMILES string of the molecule is Cc1ccc(CN(C)C(=O)C(C)(CCN2CCN(S(C)(=O)=O)[C@H](C)C2)c2ccc(Cl)c(Cl)c2)cc1. The molecule has 1 aliphatic rings. The zero-order valence-electron chi connectivity index (χ0n) is 21.1. The maximum Gasteiger partial charge on any atom is 0.233 e. The van der Waals surface area contributed by atoms with Crippen LogP contribution in [-0.2, 0) is 26.8 Å². The van der Waals surface area contributed by atoms with Gasteiger partial charge in [0, 0.05) is 39.3 Å². The van der Waals surface area contributed by atoms with E-state index < -0.39 is 15.4 Å². The molecule has 1 saturated heterocycles. The minimum absolute atomic E-state index is 0.000662. The summed E-state index contributed by atoms with van der Waals surface area (Å²) in [7, 11) is -1.41. The van der Waals surface area contributed by atoms with Gasteiger partial charge in [-0.1, -0.05) is 59.1 Å². The highest BCUT2D eigenvalue weighted by atomic mass is 35.5. The number of carbonyl (C=O) groups excluding carboxylic acids is 1. The molecule has 1 amide bonds. The fraction of sp³-hybridized carbons (Fsp3) is 0.500. The van der Waals surface area contributed by atoms with Crippen molar-refractivity contribution in [2.75, 3.05) is 39.5 Å². The molecule has 2 atom stereocenters. The van der Waals surface area contributed by atoms with Crippen LogP contribution in [0.5, 0.6) is 0 Å². The number of rotatable bonds is 8. The van der Waals surface area contributed by atoms with Gasteiger partial charge in [-0.05, 0) is 57.0 Å². The highest BCUT2D eigenvalue weighted by molar-refractivity contribution is 7.88. The van der Waals surface area contributed by atoms with Gasteiger partial charge in [-0.2, -0.15) is 4.31 Å². The van der Waals surface area contributed by atoms with Crippen molar-refractivity contribution in [3.05, 3.63) is 69.2 Å². The summed E-state index contributed by atoms with van der Waals surface area (Å²) in [6, 6.07) is 13.4. The van der Waals surface area contributed by atoms with Crippen molar-refractivity contribution < 1.29 is 13.2 Å². The lowest BCUT2D eigenvalue weighted by atomic mass is 9.77. The van der Waals surface area contributed by atoms with Gasteiger partial charge in [0.05, 0.1) is 21.7 Å². The summed E-state index contributed by atoms with van der Waals surface area (Å²) in [6.07, 6.45) is 1.82. The molecule has 2 aromatic rings. The topological polar surface area (TPSA) is 60.9 Å². The fourth-order valence-electron chi connectivity index (χ4n) is 4.77. The smallest absolute Gasteiger partial charge is 0.233 e.